The van der Waals surface area contributed by atoms with Crippen molar-refractivity contribution in [3.05, 3.63) is 0 Å². The van der Waals surface area contributed by atoms with Crippen LogP contribution in [0.5, 0.6) is 0 Å². The normalized spacial score (nSPS) is 36.2. The van der Waals surface area contributed by atoms with E-state index in [9.17, 15) is 19.8 Å². The van der Waals surface area contributed by atoms with Crippen LogP contribution in [0, 0.1) is 5.92 Å². The van der Waals surface area contributed by atoms with Gasteiger partial charge in [0.05, 0.1) is 19.1 Å². The second-order valence-electron chi connectivity index (χ2n) is 8.92. The molecule has 1 aliphatic carbocycles. The van der Waals surface area contributed by atoms with Gasteiger partial charge in [0, 0.05) is 45.1 Å². The number of nitrogens with zero attached hydrogens (tertiary/aromatic N) is 2. The Bertz CT molecular complexity index is 587. The monoisotopic (exact) mass is 411 g/mol. The third-order valence-electron chi connectivity index (χ3n) is 6.79. The van der Waals surface area contributed by atoms with Crippen molar-refractivity contribution in [3.8, 4) is 0 Å². The fourth-order valence-corrected chi connectivity index (χ4v) is 4.72. The average Bonchev–Trinajstić information content (AvgIpc) is 3.57. The van der Waals surface area contributed by atoms with Crippen LogP contribution < -0.4 is 10.6 Å². The Kier molecular flexibility index (Phi) is 6.70. The van der Waals surface area contributed by atoms with Crippen LogP contribution in [0.15, 0.2) is 0 Å². The van der Waals surface area contributed by atoms with Crippen LogP contribution in [0.4, 0.5) is 0 Å². The fraction of sp³-hybridized carbons (Fsp3) is 0.900. The van der Waals surface area contributed by atoms with E-state index in [0.717, 1.165) is 25.9 Å². The second kappa shape index (κ2) is 9.26. The third kappa shape index (κ3) is 5.08. The number of carbonyl (C=O) groups is 2. The van der Waals surface area contributed by atoms with E-state index < -0.39 is 24.4 Å². The summed E-state index contributed by atoms with van der Waals surface area (Å²) in [5.41, 5.74) is 0. The van der Waals surface area contributed by atoms with Crippen LogP contribution in [0.25, 0.3) is 0 Å². The first-order chi connectivity index (χ1) is 14.0. The molecule has 0 aromatic heterocycles. The van der Waals surface area contributed by atoms with Crippen molar-refractivity contribution in [3.63, 3.8) is 0 Å². The predicted octanol–water partition coefficient (Wildman–Crippen LogP) is -2.39. The van der Waals surface area contributed by atoms with E-state index in [1.54, 1.807) is 0 Å². The zero-order valence-corrected chi connectivity index (χ0v) is 17.0. The van der Waals surface area contributed by atoms with Gasteiger partial charge in [0.25, 0.3) is 0 Å². The molecule has 2 amide bonds. The summed E-state index contributed by atoms with van der Waals surface area (Å²) in [5, 5.41) is 25.7. The quantitative estimate of drug-likeness (QED) is 0.387. The van der Waals surface area contributed by atoms with Crippen molar-refractivity contribution in [2.75, 3.05) is 39.3 Å². The maximum atomic E-state index is 12.7. The number of hydrogen-bond donors (Lipinski definition) is 4. The molecule has 0 bridgehead atoms. The first kappa shape index (κ1) is 21.0. The van der Waals surface area contributed by atoms with Crippen molar-refractivity contribution >= 4 is 11.8 Å². The number of ether oxygens (including phenoxy) is 1. The number of aliphatic hydroxyl groups excluding tert-OH is 2. The summed E-state index contributed by atoms with van der Waals surface area (Å²) < 4.78 is 5.74. The molecule has 0 aromatic rings. The van der Waals surface area contributed by atoms with E-state index >= 15 is 0 Å². The highest BCUT2D eigenvalue weighted by atomic mass is 16.5. The Labute approximate surface area is 171 Å². The van der Waals surface area contributed by atoms with Crippen LogP contribution in [0.3, 0.4) is 0 Å². The number of carbonyl (C=O) groups excluding carboxylic acids is 2. The Morgan fingerprint density at radius 2 is 1.72 bits per heavy atom. The molecule has 4 aliphatic rings. The van der Waals surface area contributed by atoms with E-state index in [-0.39, 0.29) is 30.7 Å². The van der Waals surface area contributed by atoms with Crippen LogP contribution >= 0.6 is 0 Å². The summed E-state index contributed by atoms with van der Waals surface area (Å²) in [5.74, 6) is 0.0137. The molecule has 0 radical (unpaired) electrons. The molecule has 5 atom stereocenters. The van der Waals surface area contributed by atoms with Crippen LogP contribution in [0.2, 0.25) is 0 Å². The number of nitrogens with two attached hydrogens (primary N) is 1. The van der Waals surface area contributed by atoms with E-state index in [1.165, 1.54) is 25.8 Å². The number of nitrogens with one attached hydrogen (secondary N) is 1. The lowest BCUT2D eigenvalue weighted by molar-refractivity contribution is -0.717. The van der Waals surface area contributed by atoms with Gasteiger partial charge in [0.2, 0.25) is 11.8 Å². The number of piperazine rings is 1. The lowest BCUT2D eigenvalue weighted by Crippen LogP contribution is -2.95. The lowest BCUT2D eigenvalue weighted by atomic mass is 10.0. The summed E-state index contributed by atoms with van der Waals surface area (Å²) in [4.78, 5) is 28.8. The van der Waals surface area contributed by atoms with Gasteiger partial charge in [-0.25, -0.2) is 0 Å². The molecule has 3 saturated heterocycles. The van der Waals surface area contributed by atoms with Gasteiger partial charge < -0.3 is 30.5 Å². The molecule has 164 valence electrons. The Hall–Kier alpha value is -1.26. The molecule has 4 rings (SSSR count). The number of aliphatic hydroxyl groups is 2. The highest BCUT2D eigenvalue weighted by molar-refractivity contribution is 5.80. The Balaban J connectivity index is 1.21. The Morgan fingerprint density at radius 3 is 2.38 bits per heavy atom. The first-order valence-corrected chi connectivity index (χ1v) is 11.2. The molecular formula is C20H35N4O5+. The molecular weight excluding hydrogens is 376 g/mol. The van der Waals surface area contributed by atoms with Crippen molar-refractivity contribution in [1.82, 2.24) is 15.1 Å². The minimum Gasteiger partial charge on any atom is -0.388 e. The largest absolute Gasteiger partial charge is 0.388 e. The topological polar surface area (TPSA) is 119 Å². The lowest BCUT2D eigenvalue weighted by Gasteiger charge is -2.39. The maximum Gasteiger partial charge on any atom is 0.225 e. The summed E-state index contributed by atoms with van der Waals surface area (Å²) in [6.07, 6.45) is 2.59. The summed E-state index contributed by atoms with van der Waals surface area (Å²) >= 11 is 0. The molecule has 5 N–H and O–H groups in total. The number of hydrogen-bond acceptors (Lipinski definition) is 6. The zero-order valence-electron chi connectivity index (χ0n) is 17.0. The first-order valence-electron chi connectivity index (χ1n) is 11.2. The van der Waals surface area contributed by atoms with Crippen molar-refractivity contribution in [2.24, 2.45) is 5.92 Å². The van der Waals surface area contributed by atoms with Gasteiger partial charge in [-0.05, 0) is 25.7 Å². The third-order valence-corrected chi connectivity index (χ3v) is 6.79. The van der Waals surface area contributed by atoms with E-state index in [0.29, 0.717) is 19.3 Å². The molecule has 3 heterocycles. The highest BCUT2D eigenvalue weighted by Crippen LogP contribution is 2.29. The van der Waals surface area contributed by atoms with Crippen molar-refractivity contribution < 1.29 is 29.9 Å². The minimum atomic E-state index is -1.11. The number of piperidine rings is 1. The summed E-state index contributed by atoms with van der Waals surface area (Å²) in [6.45, 7) is 4.48. The number of rotatable bonds is 6. The Morgan fingerprint density at radius 1 is 1.00 bits per heavy atom. The molecule has 3 aliphatic heterocycles. The molecule has 1 saturated carbocycles. The smallest absolute Gasteiger partial charge is 0.225 e. The predicted molar refractivity (Wildman–Crippen MR) is 104 cm³/mol. The highest BCUT2D eigenvalue weighted by Gasteiger charge is 2.44. The van der Waals surface area contributed by atoms with Gasteiger partial charge in [-0.15, -0.1) is 0 Å². The molecule has 0 spiro atoms. The summed E-state index contributed by atoms with van der Waals surface area (Å²) in [7, 11) is 0. The van der Waals surface area contributed by atoms with Gasteiger partial charge in [-0.1, -0.05) is 0 Å². The van der Waals surface area contributed by atoms with Crippen LogP contribution in [-0.2, 0) is 14.3 Å². The van der Waals surface area contributed by atoms with Crippen molar-refractivity contribution in [1.29, 1.82) is 0 Å². The second-order valence-corrected chi connectivity index (χ2v) is 8.92. The maximum absolute atomic E-state index is 12.7. The van der Waals surface area contributed by atoms with Gasteiger partial charge in [-0.2, -0.15) is 0 Å². The molecule has 29 heavy (non-hydrogen) atoms. The standard InChI is InChI=1S/C20H34N4O5/c25-17(24-9-7-23(8-10-24)16-3-1-2-6-21-16)11-14-18(26)19(27)15(29-14)12-22-20(28)13-4-5-13/h13-16,18-19,21,26-27H,1-12H2,(H,22,28)/p+1. The molecule has 0 aromatic carbocycles. The van der Waals surface area contributed by atoms with Crippen LogP contribution in [-0.4, -0.2) is 102 Å². The van der Waals surface area contributed by atoms with Gasteiger partial charge in [0.1, 0.15) is 24.5 Å². The fourth-order valence-electron chi connectivity index (χ4n) is 4.72. The zero-order chi connectivity index (χ0) is 20.4. The number of amides is 2. The van der Waals surface area contributed by atoms with Gasteiger partial charge in [-0.3, -0.25) is 14.5 Å². The van der Waals surface area contributed by atoms with Crippen molar-refractivity contribution in [2.45, 2.75) is 69.1 Å². The number of quaternary nitrogens is 1. The molecule has 9 heteroatoms. The minimum absolute atomic E-state index is 0.0251. The molecule has 9 nitrogen and oxygen atoms in total. The van der Waals surface area contributed by atoms with E-state index in [1.807, 2.05) is 4.90 Å². The van der Waals surface area contributed by atoms with Gasteiger partial charge >= 0.3 is 0 Å². The molecule has 5 unspecified atom stereocenters. The molecule has 4 fully saturated rings. The van der Waals surface area contributed by atoms with Crippen LogP contribution in [0.1, 0.15) is 38.5 Å². The summed E-state index contributed by atoms with van der Waals surface area (Å²) in [6, 6.07) is 0. The SMILES string of the molecule is O=C(NCC1OC(CC(=O)N2CCN(C3CCCC[NH2+]3)CC2)C(O)C1O)C1CC1. The average molecular weight is 412 g/mol. The van der Waals surface area contributed by atoms with E-state index in [4.69, 9.17) is 4.74 Å². The van der Waals surface area contributed by atoms with E-state index in [2.05, 4.69) is 15.5 Å². The van der Waals surface area contributed by atoms with Gasteiger partial charge in [0.15, 0.2) is 0 Å².